The van der Waals surface area contributed by atoms with Gasteiger partial charge in [-0.1, -0.05) is 15.9 Å². The summed E-state index contributed by atoms with van der Waals surface area (Å²) in [7, 11) is 0. The molecule has 12 heavy (non-hydrogen) atoms. The lowest BCUT2D eigenvalue weighted by Gasteiger charge is -1.77. The maximum absolute atomic E-state index is 10.0. The summed E-state index contributed by atoms with van der Waals surface area (Å²) >= 11 is 3.38. The molecule has 0 spiro atoms. The van der Waals surface area contributed by atoms with Crippen molar-refractivity contribution in [3.8, 4) is 0 Å². The number of nitrogens with one attached hydrogen (secondary N) is 1. The summed E-state index contributed by atoms with van der Waals surface area (Å²) in [6, 6.07) is 0. The molecule has 1 heterocycles. The van der Waals surface area contributed by atoms with Crippen LogP contribution in [0, 0.1) is 0 Å². The topological polar surface area (TPSA) is 66.0 Å². The average Bonchev–Trinajstić information content (AvgIpc) is 2.66. The molecule has 0 saturated heterocycles. The highest BCUT2D eigenvalue weighted by molar-refractivity contribution is 9.09. The number of aromatic nitrogens is 2. The van der Waals surface area contributed by atoms with Gasteiger partial charge in [-0.3, -0.25) is 5.10 Å². The molecule has 0 atom stereocenters. The predicted molar refractivity (Wildman–Crippen MR) is 47.5 cm³/mol. The van der Waals surface area contributed by atoms with E-state index in [0.717, 1.165) is 4.83 Å². The van der Waals surface area contributed by atoms with Crippen molar-refractivity contribution in [1.29, 1.82) is 0 Å². The largest absolute Gasteiger partial charge is 0.478 e. The van der Waals surface area contributed by atoms with Crippen molar-refractivity contribution < 1.29 is 9.90 Å². The molecular formula is C7H9BrN2O2. The summed E-state index contributed by atoms with van der Waals surface area (Å²) < 4.78 is 0. The zero-order valence-corrected chi connectivity index (χ0v) is 7.91. The monoisotopic (exact) mass is 232 g/mol. The molecule has 1 aliphatic rings. The van der Waals surface area contributed by atoms with Crippen molar-refractivity contribution >= 4 is 21.9 Å². The van der Waals surface area contributed by atoms with Crippen LogP contribution in [-0.2, 0) is 0 Å². The second-order valence-corrected chi connectivity index (χ2v) is 3.76. The standard InChI is InChI=1S/C4H4N2O2.C3H5Br/c7-4(8)3-1-5-6-2-3;4-3-1-2-3/h1-2H,(H,5,6)(H,7,8);3H,1-2H2. The van der Waals surface area contributed by atoms with Crippen LogP contribution in [0.2, 0.25) is 0 Å². The van der Waals surface area contributed by atoms with Gasteiger partial charge >= 0.3 is 5.97 Å². The first-order valence-corrected chi connectivity index (χ1v) is 4.48. The van der Waals surface area contributed by atoms with E-state index in [-0.39, 0.29) is 5.56 Å². The average molecular weight is 233 g/mol. The first-order valence-electron chi connectivity index (χ1n) is 3.56. The van der Waals surface area contributed by atoms with Crippen LogP contribution in [0.4, 0.5) is 0 Å². The van der Waals surface area contributed by atoms with E-state index in [0.29, 0.717) is 0 Å². The van der Waals surface area contributed by atoms with Gasteiger partial charge in [0.2, 0.25) is 0 Å². The third-order valence-electron chi connectivity index (χ3n) is 1.25. The van der Waals surface area contributed by atoms with Crippen LogP contribution in [0.15, 0.2) is 12.4 Å². The van der Waals surface area contributed by atoms with E-state index in [9.17, 15) is 4.79 Å². The molecule has 5 heteroatoms. The number of hydrogen-bond acceptors (Lipinski definition) is 2. The number of halogens is 1. The Morgan fingerprint density at radius 1 is 1.75 bits per heavy atom. The van der Waals surface area contributed by atoms with Gasteiger partial charge in [0.15, 0.2) is 0 Å². The van der Waals surface area contributed by atoms with Crippen LogP contribution in [0.1, 0.15) is 23.2 Å². The van der Waals surface area contributed by atoms with Crippen molar-refractivity contribution in [2.45, 2.75) is 17.7 Å². The van der Waals surface area contributed by atoms with Crippen LogP contribution < -0.4 is 0 Å². The van der Waals surface area contributed by atoms with Crippen LogP contribution in [0.3, 0.4) is 0 Å². The highest BCUT2D eigenvalue weighted by Gasteiger charge is 2.15. The SMILES string of the molecule is BrC1CC1.O=C(O)c1cn[nH]c1. The minimum absolute atomic E-state index is 0.185. The zero-order valence-electron chi connectivity index (χ0n) is 6.33. The van der Waals surface area contributed by atoms with E-state index in [1.54, 1.807) is 0 Å². The third kappa shape index (κ3) is 3.52. The number of carboxylic acids is 1. The Morgan fingerprint density at radius 3 is 2.50 bits per heavy atom. The fourth-order valence-electron chi connectivity index (χ4n) is 0.431. The number of nitrogens with zero attached hydrogens (tertiary/aromatic N) is 1. The van der Waals surface area contributed by atoms with Crippen molar-refractivity contribution in [2.24, 2.45) is 0 Å². The summed E-state index contributed by atoms with van der Waals surface area (Å²) in [4.78, 5) is 10.9. The molecule has 66 valence electrons. The molecule has 2 N–H and O–H groups in total. The van der Waals surface area contributed by atoms with Crippen LogP contribution in [0.25, 0.3) is 0 Å². The van der Waals surface area contributed by atoms with Crippen molar-refractivity contribution in [3.63, 3.8) is 0 Å². The van der Waals surface area contributed by atoms with Crippen molar-refractivity contribution in [1.82, 2.24) is 10.2 Å². The Morgan fingerprint density at radius 2 is 2.33 bits per heavy atom. The molecule has 2 rings (SSSR count). The van der Waals surface area contributed by atoms with Gasteiger partial charge in [0.25, 0.3) is 0 Å². The van der Waals surface area contributed by atoms with Gasteiger partial charge in [0.05, 0.1) is 11.8 Å². The molecule has 1 aromatic rings. The van der Waals surface area contributed by atoms with Gasteiger partial charge in [-0.25, -0.2) is 4.79 Å². The molecule has 1 aliphatic carbocycles. The lowest BCUT2D eigenvalue weighted by atomic mass is 10.4. The van der Waals surface area contributed by atoms with Gasteiger partial charge in [-0.15, -0.1) is 0 Å². The molecular weight excluding hydrogens is 224 g/mol. The molecule has 0 unspecified atom stereocenters. The molecule has 4 nitrogen and oxygen atoms in total. The molecule has 0 aromatic carbocycles. The quantitative estimate of drug-likeness (QED) is 0.724. The molecule has 0 aliphatic heterocycles. The number of rotatable bonds is 1. The highest BCUT2D eigenvalue weighted by atomic mass is 79.9. The van der Waals surface area contributed by atoms with Gasteiger partial charge in [0.1, 0.15) is 0 Å². The number of alkyl halides is 1. The Balaban J connectivity index is 0.000000150. The molecule has 0 bridgehead atoms. The van der Waals surface area contributed by atoms with Crippen LogP contribution in [-0.4, -0.2) is 26.1 Å². The smallest absolute Gasteiger partial charge is 0.338 e. The van der Waals surface area contributed by atoms with E-state index in [1.165, 1.54) is 25.2 Å². The number of aromatic amines is 1. The number of hydrogen-bond donors (Lipinski definition) is 2. The minimum atomic E-state index is -0.959. The molecule has 1 saturated carbocycles. The fraction of sp³-hybridized carbons (Fsp3) is 0.429. The van der Waals surface area contributed by atoms with Crippen molar-refractivity contribution in [3.05, 3.63) is 18.0 Å². The van der Waals surface area contributed by atoms with E-state index in [1.807, 2.05) is 0 Å². The maximum Gasteiger partial charge on any atom is 0.338 e. The van der Waals surface area contributed by atoms with E-state index < -0.39 is 5.97 Å². The number of H-pyrrole nitrogens is 1. The number of aromatic carboxylic acids is 1. The van der Waals surface area contributed by atoms with Crippen LogP contribution >= 0.6 is 15.9 Å². The first-order chi connectivity index (χ1) is 5.70. The lowest BCUT2D eigenvalue weighted by Crippen LogP contribution is -1.91. The fourth-order valence-corrected chi connectivity index (χ4v) is 0.695. The zero-order chi connectivity index (χ0) is 8.97. The molecule has 0 radical (unpaired) electrons. The minimum Gasteiger partial charge on any atom is -0.478 e. The summed E-state index contributed by atoms with van der Waals surface area (Å²) in [5.74, 6) is -0.959. The Kier molecular flexibility index (Phi) is 3.28. The maximum atomic E-state index is 10.0. The van der Waals surface area contributed by atoms with Gasteiger partial charge in [-0.2, -0.15) is 5.10 Å². The van der Waals surface area contributed by atoms with E-state index >= 15 is 0 Å². The first kappa shape index (κ1) is 9.25. The van der Waals surface area contributed by atoms with Gasteiger partial charge in [-0.05, 0) is 12.8 Å². The van der Waals surface area contributed by atoms with Crippen LogP contribution in [0.5, 0.6) is 0 Å². The lowest BCUT2D eigenvalue weighted by molar-refractivity contribution is 0.0697. The second kappa shape index (κ2) is 4.25. The predicted octanol–water partition coefficient (Wildman–Crippen LogP) is 1.65. The summed E-state index contributed by atoms with van der Waals surface area (Å²) in [6.45, 7) is 0. The molecule has 1 fully saturated rings. The number of carbonyl (C=O) groups is 1. The number of carboxylic acid groups (broad SMARTS) is 1. The van der Waals surface area contributed by atoms with Gasteiger partial charge < -0.3 is 5.11 Å². The summed E-state index contributed by atoms with van der Waals surface area (Å²) in [5, 5.41) is 14.0. The van der Waals surface area contributed by atoms with Crippen molar-refractivity contribution in [2.75, 3.05) is 0 Å². The van der Waals surface area contributed by atoms with Gasteiger partial charge in [0, 0.05) is 11.0 Å². The molecule has 0 amide bonds. The Hall–Kier alpha value is -0.840. The van der Waals surface area contributed by atoms with E-state index in [2.05, 4.69) is 26.1 Å². The Labute approximate surface area is 78.1 Å². The Bertz CT molecular complexity index is 244. The normalized spacial score (nSPS) is 14.8. The third-order valence-corrected chi connectivity index (χ3v) is 2.17. The summed E-state index contributed by atoms with van der Waals surface area (Å²) in [5.41, 5.74) is 0.185. The second-order valence-electron chi connectivity index (χ2n) is 2.47. The van der Waals surface area contributed by atoms with E-state index in [4.69, 9.17) is 5.11 Å². The summed E-state index contributed by atoms with van der Waals surface area (Å²) in [6.07, 6.45) is 5.38. The highest BCUT2D eigenvalue weighted by Crippen LogP contribution is 2.27. The molecule has 1 aromatic heterocycles.